The predicted molar refractivity (Wildman–Crippen MR) is 96.1 cm³/mol. The first kappa shape index (κ1) is 20.6. The number of likely N-dealkylation sites (tertiary alicyclic amines) is 2. The Morgan fingerprint density at radius 3 is 2.57 bits per heavy atom. The third kappa shape index (κ3) is 4.81. The molecule has 2 aliphatic heterocycles. The number of nitrogens with zero attached hydrogens (tertiary/aromatic N) is 3. The van der Waals surface area contributed by atoms with Gasteiger partial charge in [-0.3, -0.25) is 19.5 Å². The van der Waals surface area contributed by atoms with E-state index in [1.807, 2.05) is 9.80 Å². The first-order chi connectivity index (χ1) is 13.3. The molecule has 1 atom stereocenters. The molecule has 154 valence electrons. The Labute approximate surface area is 162 Å². The summed E-state index contributed by atoms with van der Waals surface area (Å²) in [6.07, 6.45) is 0.132. The normalized spacial score (nSPS) is 20.6. The van der Waals surface area contributed by atoms with Gasteiger partial charge in [-0.1, -0.05) is 0 Å². The largest absolute Gasteiger partial charge is 0.416 e. The molecular weight excluding hydrogens is 373 g/mol. The van der Waals surface area contributed by atoms with Gasteiger partial charge in [0.05, 0.1) is 23.8 Å². The molecule has 0 unspecified atom stereocenters. The highest BCUT2D eigenvalue weighted by Gasteiger charge is 2.36. The van der Waals surface area contributed by atoms with Crippen molar-refractivity contribution in [3.8, 4) is 0 Å². The predicted octanol–water partition coefficient (Wildman–Crippen LogP) is 2.50. The molecule has 2 fully saturated rings. The van der Waals surface area contributed by atoms with Gasteiger partial charge < -0.3 is 10.2 Å². The monoisotopic (exact) mass is 398 g/mol. The Balaban J connectivity index is 1.79. The van der Waals surface area contributed by atoms with E-state index in [-0.39, 0.29) is 30.6 Å². The van der Waals surface area contributed by atoms with Gasteiger partial charge in [0.25, 0.3) is 0 Å². The topological polar surface area (TPSA) is 65.5 Å². The van der Waals surface area contributed by atoms with Crippen molar-refractivity contribution in [3.05, 3.63) is 29.1 Å². The summed E-state index contributed by atoms with van der Waals surface area (Å²) in [5, 5.41) is 2.39. The molecule has 2 amide bonds. The van der Waals surface area contributed by atoms with Crippen LogP contribution < -0.4 is 5.32 Å². The average Bonchev–Trinajstić information content (AvgIpc) is 3.31. The van der Waals surface area contributed by atoms with E-state index in [4.69, 9.17) is 0 Å². The molecule has 0 bridgehead atoms. The van der Waals surface area contributed by atoms with Crippen molar-refractivity contribution in [3.63, 3.8) is 0 Å². The Morgan fingerprint density at radius 1 is 1.21 bits per heavy atom. The lowest BCUT2D eigenvalue weighted by molar-refractivity contribution is -0.138. The molecule has 6 nitrogen and oxygen atoms in total. The maximum atomic E-state index is 13.5. The highest BCUT2D eigenvalue weighted by atomic mass is 19.4. The number of hydrogen-bond acceptors (Lipinski definition) is 4. The molecule has 2 saturated heterocycles. The minimum Gasteiger partial charge on any atom is -0.352 e. The molecular formula is C19H25F3N4O2. The standard InChI is InChI=1S/C19H25F3N4O2/c1-13(27)23-10-14-11-24-16(9-15(14)19(20,21)22)17-5-4-8-26(17)12-18(28)25-6-2-3-7-25/h9,11,17H,2-8,10,12H2,1H3,(H,23,27)/t17-/m0/s1. The van der Waals surface area contributed by atoms with Crippen molar-refractivity contribution in [2.24, 2.45) is 0 Å². The number of nitrogens with one attached hydrogen (secondary N) is 1. The Hall–Kier alpha value is -2.16. The maximum Gasteiger partial charge on any atom is 0.416 e. The van der Waals surface area contributed by atoms with E-state index in [1.165, 1.54) is 13.1 Å². The smallest absolute Gasteiger partial charge is 0.352 e. The van der Waals surface area contributed by atoms with Crippen LogP contribution in [0.3, 0.4) is 0 Å². The average molecular weight is 398 g/mol. The molecule has 1 N–H and O–H groups in total. The van der Waals surface area contributed by atoms with Crippen molar-refractivity contribution in [1.82, 2.24) is 20.1 Å². The first-order valence-corrected chi connectivity index (χ1v) is 9.58. The summed E-state index contributed by atoms with van der Waals surface area (Å²) in [5.41, 5.74) is -0.529. The third-order valence-corrected chi connectivity index (χ3v) is 5.34. The second kappa shape index (κ2) is 8.46. The number of pyridine rings is 1. The van der Waals surface area contributed by atoms with Gasteiger partial charge in [-0.25, -0.2) is 0 Å². The Bertz CT molecular complexity index is 732. The van der Waals surface area contributed by atoms with Gasteiger partial charge in [0.15, 0.2) is 0 Å². The zero-order valence-electron chi connectivity index (χ0n) is 15.9. The number of amides is 2. The first-order valence-electron chi connectivity index (χ1n) is 9.58. The second-order valence-corrected chi connectivity index (χ2v) is 7.39. The molecule has 0 spiro atoms. The summed E-state index contributed by atoms with van der Waals surface area (Å²) >= 11 is 0. The van der Waals surface area contributed by atoms with Crippen LogP contribution in [0.4, 0.5) is 13.2 Å². The van der Waals surface area contributed by atoms with Gasteiger partial charge in [0, 0.05) is 38.3 Å². The summed E-state index contributed by atoms with van der Waals surface area (Å²) in [5.74, 6) is -0.373. The number of rotatable bonds is 5. The highest BCUT2D eigenvalue weighted by molar-refractivity contribution is 5.78. The molecule has 28 heavy (non-hydrogen) atoms. The van der Waals surface area contributed by atoms with Crippen LogP contribution in [0.1, 0.15) is 55.5 Å². The molecule has 0 radical (unpaired) electrons. The number of alkyl halides is 3. The molecule has 1 aromatic rings. The van der Waals surface area contributed by atoms with Crippen molar-refractivity contribution < 1.29 is 22.8 Å². The Kier molecular flexibility index (Phi) is 6.22. The van der Waals surface area contributed by atoms with Gasteiger partial charge >= 0.3 is 6.18 Å². The molecule has 2 aliphatic rings. The van der Waals surface area contributed by atoms with E-state index in [2.05, 4.69) is 10.3 Å². The van der Waals surface area contributed by atoms with E-state index < -0.39 is 17.6 Å². The molecule has 0 saturated carbocycles. The van der Waals surface area contributed by atoms with Gasteiger partial charge in [-0.15, -0.1) is 0 Å². The Morgan fingerprint density at radius 2 is 1.93 bits per heavy atom. The fourth-order valence-electron chi connectivity index (χ4n) is 3.90. The quantitative estimate of drug-likeness (QED) is 0.828. The fourth-order valence-corrected chi connectivity index (χ4v) is 3.90. The van der Waals surface area contributed by atoms with Crippen LogP contribution in [0.25, 0.3) is 0 Å². The van der Waals surface area contributed by atoms with E-state index in [0.29, 0.717) is 18.7 Å². The van der Waals surface area contributed by atoms with Crippen LogP contribution in [0, 0.1) is 0 Å². The summed E-state index contributed by atoms with van der Waals surface area (Å²) < 4.78 is 40.6. The van der Waals surface area contributed by atoms with Crippen molar-refractivity contribution >= 4 is 11.8 Å². The van der Waals surface area contributed by atoms with Crippen LogP contribution in [-0.4, -0.2) is 52.8 Å². The van der Waals surface area contributed by atoms with Gasteiger partial charge in [-0.05, 0) is 38.3 Å². The van der Waals surface area contributed by atoms with Crippen LogP contribution >= 0.6 is 0 Å². The number of halogens is 3. The molecule has 3 rings (SSSR count). The van der Waals surface area contributed by atoms with Crippen molar-refractivity contribution in [1.29, 1.82) is 0 Å². The van der Waals surface area contributed by atoms with E-state index in [1.54, 1.807) is 0 Å². The van der Waals surface area contributed by atoms with Crippen molar-refractivity contribution in [2.75, 3.05) is 26.2 Å². The molecule has 9 heteroatoms. The summed E-state index contributed by atoms with van der Waals surface area (Å²) in [7, 11) is 0. The lowest BCUT2D eigenvalue weighted by atomic mass is 10.0. The van der Waals surface area contributed by atoms with Gasteiger partial charge in [0.2, 0.25) is 11.8 Å². The van der Waals surface area contributed by atoms with Crippen LogP contribution in [-0.2, 0) is 22.3 Å². The van der Waals surface area contributed by atoms with Crippen LogP contribution in [0.15, 0.2) is 12.3 Å². The highest BCUT2D eigenvalue weighted by Crippen LogP contribution is 2.36. The minimum absolute atomic E-state index is 0.0303. The summed E-state index contributed by atoms with van der Waals surface area (Å²) in [4.78, 5) is 31.5. The van der Waals surface area contributed by atoms with Gasteiger partial charge in [-0.2, -0.15) is 13.2 Å². The van der Waals surface area contributed by atoms with Crippen LogP contribution in [0.2, 0.25) is 0 Å². The third-order valence-electron chi connectivity index (χ3n) is 5.34. The zero-order chi connectivity index (χ0) is 20.3. The summed E-state index contributed by atoms with van der Waals surface area (Å²) in [6, 6.07) is 0.767. The molecule has 1 aromatic heterocycles. The summed E-state index contributed by atoms with van der Waals surface area (Å²) in [6.45, 7) is 3.42. The number of hydrogen-bond donors (Lipinski definition) is 1. The molecule has 0 aromatic carbocycles. The van der Waals surface area contributed by atoms with Gasteiger partial charge in [0.1, 0.15) is 0 Å². The number of carbonyl (C=O) groups excluding carboxylic acids is 2. The minimum atomic E-state index is -4.54. The lowest BCUT2D eigenvalue weighted by Gasteiger charge is -2.26. The second-order valence-electron chi connectivity index (χ2n) is 7.39. The molecule has 0 aliphatic carbocycles. The zero-order valence-corrected chi connectivity index (χ0v) is 15.9. The lowest BCUT2D eigenvalue weighted by Crippen LogP contribution is -2.38. The SMILES string of the molecule is CC(=O)NCc1cnc([C@@H]2CCCN2CC(=O)N2CCCC2)cc1C(F)(F)F. The van der Waals surface area contributed by atoms with Crippen molar-refractivity contribution in [2.45, 2.75) is 51.4 Å². The van der Waals surface area contributed by atoms with Crippen LogP contribution in [0.5, 0.6) is 0 Å². The molecule has 3 heterocycles. The fraction of sp³-hybridized carbons (Fsp3) is 0.632. The number of carbonyl (C=O) groups is 2. The van der Waals surface area contributed by atoms with E-state index >= 15 is 0 Å². The maximum absolute atomic E-state index is 13.5. The number of aromatic nitrogens is 1. The van der Waals surface area contributed by atoms with E-state index in [9.17, 15) is 22.8 Å². The van der Waals surface area contributed by atoms with E-state index in [0.717, 1.165) is 38.4 Å².